The third kappa shape index (κ3) is 2.07. The predicted molar refractivity (Wildman–Crippen MR) is 58.6 cm³/mol. The van der Waals surface area contributed by atoms with Crippen molar-refractivity contribution >= 4 is 5.69 Å². The summed E-state index contributed by atoms with van der Waals surface area (Å²) in [6.07, 6.45) is 5.05. The largest absolute Gasteiger partial charge is 0.399 e. The first-order chi connectivity index (χ1) is 6.36. The molecule has 3 nitrogen and oxygen atoms in total. The number of hydrogen-bond donors (Lipinski definition) is 1. The zero-order valence-corrected chi connectivity index (χ0v) is 7.01. The Morgan fingerprint density at radius 2 is 1.71 bits per heavy atom. The lowest BCUT2D eigenvalue weighted by Crippen LogP contribution is -1.86. The number of benzene rings is 1. The van der Waals surface area contributed by atoms with Gasteiger partial charge in [-0.05, 0) is 12.1 Å². The molecule has 3 heteroatoms. The highest BCUT2D eigenvalue weighted by molar-refractivity contribution is 5.60. The Hall–Kier alpha value is -1.90. The summed E-state index contributed by atoms with van der Waals surface area (Å²) in [4.78, 5) is 8.17. The minimum Gasteiger partial charge on any atom is -0.399 e. The van der Waals surface area contributed by atoms with E-state index in [-0.39, 0.29) is 7.43 Å². The quantitative estimate of drug-likeness (QED) is 0.697. The third-order valence-corrected chi connectivity index (χ3v) is 1.77. The maximum Gasteiger partial charge on any atom is 0.0885 e. The van der Waals surface area contributed by atoms with Gasteiger partial charge in [-0.3, -0.25) is 9.97 Å². The number of hydrogen-bond acceptors (Lipinski definition) is 3. The Bertz CT molecular complexity index is 381. The van der Waals surface area contributed by atoms with E-state index in [2.05, 4.69) is 9.97 Å². The summed E-state index contributed by atoms with van der Waals surface area (Å²) in [5, 5.41) is 0. The molecule has 2 aromatic rings. The summed E-state index contributed by atoms with van der Waals surface area (Å²) in [7, 11) is 0. The topological polar surface area (TPSA) is 51.8 Å². The molecule has 0 bridgehead atoms. The van der Waals surface area contributed by atoms with Crippen molar-refractivity contribution in [3.05, 3.63) is 42.9 Å². The van der Waals surface area contributed by atoms with E-state index in [1.165, 1.54) is 0 Å². The van der Waals surface area contributed by atoms with Crippen molar-refractivity contribution in [2.75, 3.05) is 5.73 Å². The molecule has 0 amide bonds. The number of rotatable bonds is 1. The molecule has 0 spiro atoms. The lowest BCUT2D eigenvalue weighted by Gasteiger charge is -1.99. The molecule has 0 aliphatic carbocycles. The van der Waals surface area contributed by atoms with E-state index in [4.69, 9.17) is 5.73 Å². The highest BCUT2D eigenvalue weighted by Crippen LogP contribution is 2.16. The van der Waals surface area contributed by atoms with Crippen LogP contribution in [0.2, 0.25) is 0 Å². The van der Waals surface area contributed by atoms with E-state index in [0.29, 0.717) is 0 Å². The Balaban J connectivity index is 0.000000980. The van der Waals surface area contributed by atoms with Crippen LogP contribution in [-0.4, -0.2) is 9.97 Å². The van der Waals surface area contributed by atoms with Crippen LogP contribution in [0.15, 0.2) is 42.9 Å². The number of nitrogen functional groups attached to an aromatic ring is 1. The van der Waals surface area contributed by atoms with Gasteiger partial charge in [0.2, 0.25) is 0 Å². The Morgan fingerprint density at radius 1 is 1.00 bits per heavy atom. The molecule has 72 valence electrons. The Labute approximate surface area is 83.6 Å². The molecule has 1 heterocycles. The van der Waals surface area contributed by atoms with Crippen molar-refractivity contribution in [1.82, 2.24) is 9.97 Å². The maximum atomic E-state index is 5.57. The van der Waals surface area contributed by atoms with Gasteiger partial charge in [0.1, 0.15) is 0 Å². The molecule has 14 heavy (non-hydrogen) atoms. The van der Waals surface area contributed by atoms with E-state index < -0.39 is 0 Å². The van der Waals surface area contributed by atoms with Crippen molar-refractivity contribution in [2.24, 2.45) is 0 Å². The van der Waals surface area contributed by atoms with Crippen LogP contribution in [0.3, 0.4) is 0 Å². The zero-order chi connectivity index (χ0) is 9.10. The summed E-state index contributed by atoms with van der Waals surface area (Å²) in [6, 6.07) is 7.56. The highest BCUT2D eigenvalue weighted by atomic mass is 14.8. The lowest BCUT2D eigenvalue weighted by molar-refractivity contribution is 1.21. The molecule has 0 fully saturated rings. The molecule has 0 saturated carbocycles. The fourth-order valence-electron chi connectivity index (χ4n) is 1.10. The van der Waals surface area contributed by atoms with Gasteiger partial charge in [0.15, 0.2) is 0 Å². The molecule has 0 saturated heterocycles. The smallest absolute Gasteiger partial charge is 0.0885 e. The van der Waals surface area contributed by atoms with Gasteiger partial charge < -0.3 is 5.73 Å². The van der Waals surface area contributed by atoms with E-state index in [1.807, 2.05) is 24.3 Å². The summed E-state index contributed by atoms with van der Waals surface area (Å²) in [6.45, 7) is 0. The van der Waals surface area contributed by atoms with Gasteiger partial charge in [-0.2, -0.15) is 0 Å². The van der Waals surface area contributed by atoms with Crippen molar-refractivity contribution in [2.45, 2.75) is 7.43 Å². The molecular formula is C11H13N3. The average molecular weight is 187 g/mol. The van der Waals surface area contributed by atoms with Crippen LogP contribution in [0.5, 0.6) is 0 Å². The standard InChI is InChI=1S/C10H9N3.CH4/c11-9-3-1-8(2-4-9)10-7-12-5-6-13-10;/h1-7H,11H2;1H4. The van der Waals surface area contributed by atoms with Gasteiger partial charge in [-0.1, -0.05) is 19.6 Å². The van der Waals surface area contributed by atoms with Crippen LogP contribution in [0, 0.1) is 0 Å². The highest BCUT2D eigenvalue weighted by Gasteiger charge is 1.96. The number of nitrogens with zero attached hydrogens (tertiary/aromatic N) is 2. The Kier molecular flexibility index (Phi) is 3.18. The maximum absolute atomic E-state index is 5.57. The molecular weight excluding hydrogens is 174 g/mol. The van der Waals surface area contributed by atoms with Gasteiger partial charge in [0.05, 0.1) is 11.9 Å². The number of anilines is 1. The minimum atomic E-state index is 0. The molecule has 1 aromatic heterocycles. The van der Waals surface area contributed by atoms with Gasteiger partial charge in [0.25, 0.3) is 0 Å². The molecule has 2 N–H and O–H groups in total. The van der Waals surface area contributed by atoms with Crippen LogP contribution in [0.25, 0.3) is 11.3 Å². The second kappa shape index (κ2) is 4.37. The van der Waals surface area contributed by atoms with E-state index in [1.54, 1.807) is 18.6 Å². The first-order valence-electron chi connectivity index (χ1n) is 3.98. The molecule has 0 radical (unpaired) electrons. The van der Waals surface area contributed by atoms with Gasteiger partial charge in [-0.15, -0.1) is 0 Å². The van der Waals surface area contributed by atoms with Gasteiger partial charge in [-0.25, -0.2) is 0 Å². The second-order valence-electron chi connectivity index (χ2n) is 2.71. The second-order valence-corrected chi connectivity index (χ2v) is 2.71. The van der Waals surface area contributed by atoms with Gasteiger partial charge >= 0.3 is 0 Å². The number of aromatic nitrogens is 2. The fraction of sp³-hybridized carbons (Fsp3) is 0.0909. The fourth-order valence-corrected chi connectivity index (χ4v) is 1.10. The summed E-state index contributed by atoms with van der Waals surface area (Å²) >= 11 is 0. The molecule has 0 unspecified atom stereocenters. The van der Waals surface area contributed by atoms with Crippen molar-refractivity contribution in [3.63, 3.8) is 0 Å². The van der Waals surface area contributed by atoms with E-state index >= 15 is 0 Å². The van der Waals surface area contributed by atoms with Crippen molar-refractivity contribution < 1.29 is 0 Å². The van der Waals surface area contributed by atoms with Crippen LogP contribution < -0.4 is 5.73 Å². The van der Waals surface area contributed by atoms with Gasteiger partial charge in [0, 0.05) is 23.6 Å². The monoisotopic (exact) mass is 187 g/mol. The predicted octanol–water partition coefficient (Wildman–Crippen LogP) is 2.36. The molecule has 0 atom stereocenters. The SMILES string of the molecule is C.Nc1ccc(-c2cnccn2)cc1. The van der Waals surface area contributed by atoms with E-state index in [0.717, 1.165) is 16.9 Å². The Morgan fingerprint density at radius 3 is 2.29 bits per heavy atom. The average Bonchev–Trinajstić information content (AvgIpc) is 2.20. The van der Waals surface area contributed by atoms with Crippen LogP contribution in [0.1, 0.15) is 7.43 Å². The minimum absolute atomic E-state index is 0. The van der Waals surface area contributed by atoms with Crippen LogP contribution in [0.4, 0.5) is 5.69 Å². The lowest BCUT2D eigenvalue weighted by atomic mass is 10.1. The summed E-state index contributed by atoms with van der Waals surface area (Å²) in [5.74, 6) is 0. The summed E-state index contributed by atoms with van der Waals surface area (Å²) in [5.41, 5.74) is 8.22. The van der Waals surface area contributed by atoms with Crippen molar-refractivity contribution in [3.8, 4) is 11.3 Å². The molecule has 0 aliphatic rings. The first-order valence-corrected chi connectivity index (χ1v) is 3.98. The zero-order valence-electron chi connectivity index (χ0n) is 7.01. The van der Waals surface area contributed by atoms with Crippen LogP contribution in [-0.2, 0) is 0 Å². The van der Waals surface area contributed by atoms with Crippen molar-refractivity contribution in [1.29, 1.82) is 0 Å². The van der Waals surface area contributed by atoms with E-state index in [9.17, 15) is 0 Å². The number of nitrogens with two attached hydrogens (primary N) is 1. The molecule has 1 aromatic carbocycles. The molecule has 2 rings (SSSR count). The summed E-state index contributed by atoms with van der Waals surface area (Å²) < 4.78 is 0. The first kappa shape index (κ1) is 10.2. The van der Waals surface area contributed by atoms with Crippen LogP contribution >= 0.6 is 0 Å². The third-order valence-electron chi connectivity index (χ3n) is 1.77. The normalized spacial score (nSPS) is 9.14. The molecule has 0 aliphatic heterocycles.